The summed E-state index contributed by atoms with van der Waals surface area (Å²) in [5.74, 6) is 0.285. The highest BCUT2D eigenvalue weighted by atomic mass is 79.9. The van der Waals surface area contributed by atoms with E-state index >= 15 is 0 Å². The van der Waals surface area contributed by atoms with Gasteiger partial charge in [-0.2, -0.15) is 0 Å². The summed E-state index contributed by atoms with van der Waals surface area (Å²) in [5, 5.41) is 0.237. The van der Waals surface area contributed by atoms with Crippen LogP contribution in [0, 0.1) is 5.92 Å². The summed E-state index contributed by atoms with van der Waals surface area (Å²) < 4.78 is 0.746. The second-order valence-corrected chi connectivity index (χ2v) is 5.67. The van der Waals surface area contributed by atoms with Crippen LogP contribution in [0.5, 0.6) is 0 Å². The van der Waals surface area contributed by atoms with E-state index in [1.165, 1.54) is 0 Å². The molecule has 0 aliphatic heterocycles. The van der Waals surface area contributed by atoms with Crippen LogP contribution in [-0.4, -0.2) is 28.9 Å². The van der Waals surface area contributed by atoms with Crippen molar-refractivity contribution >= 4 is 33.4 Å². The smallest absolute Gasteiger partial charge is 0.257 e. The van der Waals surface area contributed by atoms with Crippen molar-refractivity contribution < 1.29 is 4.79 Å². The molecule has 1 aromatic heterocycles. The van der Waals surface area contributed by atoms with E-state index in [2.05, 4.69) is 34.8 Å². The van der Waals surface area contributed by atoms with Crippen molar-refractivity contribution in [3.8, 4) is 0 Å². The van der Waals surface area contributed by atoms with E-state index in [9.17, 15) is 4.79 Å². The molecule has 0 fully saturated rings. The third kappa shape index (κ3) is 3.42. The number of carbonyl (C=O) groups is 1. The fourth-order valence-electron chi connectivity index (χ4n) is 1.39. The normalized spacial score (nSPS) is 12.6. The van der Waals surface area contributed by atoms with E-state index in [0.717, 1.165) is 4.47 Å². The molecule has 0 aliphatic carbocycles. The van der Waals surface area contributed by atoms with Gasteiger partial charge in [0.05, 0.1) is 5.56 Å². The van der Waals surface area contributed by atoms with Crippen molar-refractivity contribution in [3.05, 3.63) is 27.5 Å². The van der Waals surface area contributed by atoms with Crippen molar-refractivity contribution in [1.82, 2.24) is 9.88 Å². The zero-order chi connectivity index (χ0) is 13.2. The maximum atomic E-state index is 12.2. The number of rotatable bonds is 3. The molecular weight excluding hydrogens is 304 g/mol. The summed E-state index contributed by atoms with van der Waals surface area (Å²) in [5.41, 5.74) is 0.427. The molecule has 1 unspecified atom stereocenters. The molecule has 0 N–H and O–H groups in total. The van der Waals surface area contributed by atoms with E-state index < -0.39 is 0 Å². The van der Waals surface area contributed by atoms with Crippen LogP contribution in [0.25, 0.3) is 0 Å². The zero-order valence-corrected chi connectivity index (χ0v) is 12.7. The van der Waals surface area contributed by atoms with E-state index in [1.54, 1.807) is 24.2 Å². The quantitative estimate of drug-likeness (QED) is 0.797. The Hall–Kier alpha value is -0.610. The molecular formula is C12H16BrClN2O. The van der Waals surface area contributed by atoms with E-state index in [-0.39, 0.29) is 17.1 Å². The second-order valence-electron chi connectivity index (χ2n) is 4.39. The zero-order valence-electron chi connectivity index (χ0n) is 10.4. The van der Waals surface area contributed by atoms with Gasteiger partial charge in [0.1, 0.15) is 5.15 Å². The third-order valence-electron chi connectivity index (χ3n) is 2.93. The van der Waals surface area contributed by atoms with Gasteiger partial charge in [0.2, 0.25) is 0 Å². The van der Waals surface area contributed by atoms with Crippen molar-refractivity contribution in [2.75, 3.05) is 7.05 Å². The summed E-state index contributed by atoms with van der Waals surface area (Å²) in [4.78, 5) is 17.9. The summed E-state index contributed by atoms with van der Waals surface area (Å²) in [6.07, 6.45) is 1.57. The van der Waals surface area contributed by atoms with Gasteiger partial charge in [-0.3, -0.25) is 4.79 Å². The fraction of sp³-hybridized carbons (Fsp3) is 0.500. The van der Waals surface area contributed by atoms with Gasteiger partial charge >= 0.3 is 0 Å². The lowest BCUT2D eigenvalue weighted by Gasteiger charge is -2.28. The number of hydrogen-bond acceptors (Lipinski definition) is 2. The Kier molecular flexibility index (Phi) is 4.95. The summed E-state index contributed by atoms with van der Waals surface area (Å²) >= 11 is 9.23. The first kappa shape index (κ1) is 14.5. The molecule has 0 radical (unpaired) electrons. The summed E-state index contributed by atoms with van der Waals surface area (Å²) in [7, 11) is 1.78. The van der Waals surface area contributed by atoms with Gasteiger partial charge in [0, 0.05) is 23.8 Å². The molecule has 0 aliphatic rings. The molecule has 0 saturated carbocycles. The Morgan fingerprint density at radius 1 is 1.47 bits per heavy atom. The maximum Gasteiger partial charge on any atom is 0.257 e. The summed E-state index contributed by atoms with van der Waals surface area (Å²) in [6, 6.07) is 1.85. The standard InChI is InChI=1S/C12H16BrClN2O/c1-7(2)8(3)16(4)12(17)10-5-9(13)6-15-11(10)14/h5-8H,1-4H3. The number of nitrogens with zero attached hydrogens (tertiary/aromatic N) is 2. The van der Waals surface area contributed by atoms with Crippen LogP contribution in [0.15, 0.2) is 16.7 Å². The molecule has 0 aromatic carbocycles. The number of carbonyl (C=O) groups excluding carboxylic acids is 1. The van der Waals surface area contributed by atoms with Gasteiger partial charge in [-0.1, -0.05) is 25.4 Å². The lowest BCUT2D eigenvalue weighted by atomic mass is 10.0. The van der Waals surface area contributed by atoms with E-state index in [0.29, 0.717) is 11.5 Å². The first-order chi connectivity index (χ1) is 7.84. The maximum absolute atomic E-state index is 12.2. The molecule has 0 spiro atoms. The predicted molar refractivity (Wildman–Crippen MR) is 73.3 cm³/mol. The predicted octanol–water partition coefficient (Wildman–Crippen LogP) is 3.61. The third-order valence-corrected chi connectivity index (χ3v) is 3.67. The van der Waals surface area contributed by atoms with Crippen LogP contribution in [0.2, 0.25) is 5.15 Å². The van der Waals surface area contributed by atoms with Crippen molar-refractivity contribution in [3.63, 3.8) is 0 Å². The van der Waals surface area contributed by atoms with Crippen molar-refractivity contribution in [2.24, 2.45) is 5.92 Å². The van der Waals surface area contributed by atoms with Gasteiger partial charge in [-0.15, -0.1) is 0 Å². The number of pyridine rings is 1. The SMILES string of the molecule is CC(C)C(C)N(C)C(=O)c1cc(Br)cnc1Cl. The monoisotopic (exact) mass is 318 g/mol. The molecule has 17 heavy (non-hydrogen) atoms. The van der Waals surface area contributed by atoms with Crippen molar-refractivity contribution in [1.29, 1.82) is 0 Å². The first-order valence-corrected chi connectivity index (χ1v) is 6.60. The van der Waals surface area contributed by atoms with E-state index in [1.807, 2.05) is 6.92 Å². The molecule has 1 aromatic rings. The van der Waals surface area contributed by atoms with E-state index in [4.69, 9.17) is 11.6 Å². The number of halogens is 2. The van der Waals surface area contributed by atoms with Crippen LogP contribution in [0.4, 0.5) is 0 Å². The van der Waals surface area contributed by atoms with Gasteiger partial charge < -0.3 is 4.90 Å². The van der Waals surface area contributed by atoms with Crippen LogP contribution in [0.3, 0.4) is 0 Å². The Morgan fingerprint density at radius 3 is 2.59 bits per heavy atom. The van der Waals surface area contributed by atoms with Crippen LogP contribution in [0.1, 0.15) is 31.1 Å². The van der Waals surface area contributed by atoms with Gasteiger partial charge in [-0.05, 0) is 34.8 Å². The molecule has 5 heteroatoms. The molecule has 0 bridgehead atoms. The molecule has 1 rings (SSSR count). The largest absolute Gasteiger partial charge is 0.339 e. The number of amides is 1. The highest BCUT2D eigenvalue weighted by Crippen LogP contribution is 2.21. The van der Waals surface area contributed by atoms with Gasteiger partial charge in [0.15, 0.2) is 0 Å². The van der Waals surface area contributed by atoms with Crippen molar-refractivity contribution in [2.45, 2.75) is 26.8 Å². The lowest BCUT2D eigenvalue weighted by molar-refractivity contribution is 0.0707. The Morgan fingerprint density at radius 2 is 2.06 bits per heavy atom. The Bertz CT molecular complexity index is 423. The van der Waals surface area contributed by atoms with Crippen LogP contribution in [-0.2, 0) is 0 Å². The fourth-order valence-corrected chi connectivity index (χ4v) is 1.91. The molecule has 1 atom stereocenters. The Balaban J connectivity index is 3.00. The van der Waals surface area contributed by atoms with Crippen LogP contribution >= 0.6 is 27.5 Å². The highest BCUT2D eigenvalue weighted by Gasteiger charge is 2.22. The first-order valence-electron chi connectivity index (χ1n) is 5.42. The number of aromatic nitrogens is 1. The lowest BCUT2D eigenvalue weighted by Crippen LogP contribution is -2.38. The second kappa shape index (κ2) is 5.83. The molecule has 3 nitrogen and oxygen atoms in total. The molecule has 1 heterocycles. The highest BCUT2D eigenvalue weighted by molar-refractivity contribution is 9.10. The molecule has 1 amide bonds. The van der Waals surface area contributed by atoms with Crippen LogP contribution < -0.4 is 0 Å². The topological polar surface area (TPSA) is 33.2 Å². The summed E-state index contributed by atoms with van der Waals surface area (Å²) in [6.45, 7) is 6.17. The average molecular weight is 320 g/mol. The molecule has 0 saturated heterocycles. The minimum absolute atomic E-state index is 0.106. The average Bonchev–Trinajstić information content (AvgIpc) is 2.29. The Labute approximate surface area is 115 Å². The van der Waals surface area contributed by atoms with Gasteiger partial charge in [0.25, 0.3) is 5.91 Å². The van der Waals surface area contributed by atoms with Gasteiger partial charge in [-0.25, -0.2) is 4.98 Å². The minimum Gasteiger partial charge on any atom is -0.339 e. The minimum atomic E-state index is -0.106. The molecule has 94 valence electrons. The number of hydrogen-bond donors (Lipinski definition) is 0.